The van der Waals surface area contributed by atoms with E-state index in [2.05, 4.69) is 36.5 Å². The fraction of sp³-hybridized carbons (Fsp3) is 0.500. The van der Waals surface area contributed by atoms with Gasteiger partial charge in [0, 0.05) is 22.6 Å². The third-order valence-electron chi connectivity index (χ3n) is 4.73. The number of benzene rings is 1. The first-order valence-corrected chi connectivity index (χ1v) is 10.1. The number of amides is 1. The van der Waals surface area contributed by atoms with Gasteiger partial charge in [0.1, 0.15) is 5.75 Å². The molecule has 0 atom stereocenters. The van der Waals surface area contributed by atoms with Crippen LogP contribution in [0.25, 0.3) is 0 Å². The minimum absolute atomic E-state index is 0.0244. The SMILES string of the molecule is COc1ccc(Cl)cc1C(=O)N=c1sc(C(C)(C)C)cn1CC1CCC1. The molecule has 1 saturated carbocycles. The molecule has 4 nitrogen and oxygen atoms in total. The zero-order valence-corrected chi connectivity index (χ0v) is 17.3. The number of aromatic nitrogens is 1. The zero-order valence-electron chi connectivity index (χ0n) is 15.7. The highest BCUT2D eigenvalue weighted by Crippen LogP contribution is 2.30. The Hall–Kier alpha value is -1.59. The molecule has 1 heterocycles. The third kappa shape index (κ3) is 4.21. The van der Waals surface area contributed by atoms with Crippen LogP contribution in [0.5, 0.6) is 5.75 Å². The minimum Gasteiger partial charge on any atom is -0.496 e. The van der Waals surface area contributed by atoms with Gasteiger partial charge in [0.25, 0.3) is 5.91 Å². The number of nitrogens with zero attached hydrogens (tertiary/aromatic N) is 2. The van der Waals surface area contributed by atoms with E-state index in [1.807, 2.05) is 0 Å². The molecule has 0 bridgehead atoms. The molecule has 0 aliphatic heterocycles. The van der Waals surface area contributed by atoms with Crippen LogP contribution in [0.4, 0.5) is 0 Å². The lowest BCUT2D eigenvalue weighted by atomic mass is 9.85. The summed E-state index contributed by atoms with van der Waals surface area (Å²) in [6.07, 6.45) is 5.96. The Kier molecular flexibility index (Phi) is 5.58. The van der Waals surface area contributed by atoms with Crippen LogP contribution < -0.4 is 9.54 Å². The summed E-state index contributed by atoms with van der Waals surface area (Å²) < 4.78 is 7.44. The average molecular weight is 393 g/mol. The van der Waals surface area contributed by atoms with Crippen molar-refractivity contribution in [3.8, 4) is 5.75 Å². The van der Waals surface area contributed by atoms with Crippen LogP contribution in [-0.2, 0) is 12.0 Å². The molecule has 26 heavy (non-hydrogen) atoms. The second kappa shape index (κ2) is 7.57. The lowest BCUT2D eigenvalue weighted by Crippen LogP contribution is -2.24. The number of halogens is 1. The Labute approximate surface area is 163 Å². The zero-order chi connectivity index (χ0) is 18.9. The van der Waals surface area contributed by atoms with Crippen LogP contribution in [0.15, 0.2) is 29.4 Å². The van der Waals surface area contributed by atoms with E-state index >= 15 is 0 Å². The van der Waals surface area contributed by atoms with Crippen LogP contribution in [0.2, 0.25) is 5.02 Å². The molecule has 1 aromatic heterocycles. The Morgan fingerprint density at radius 2 is 2.12 bits per heavy atom. The van der Waals surface area contributed by atoms with Crippen molar-refractivity contribution < 1.29 is 9.53 Å². The molecule has 0 saturated heterocycles. The van der Waals surface area contributed by atoms with Gasteiger partial charge >= 0.3 is 0 Å². The number of rotatable bonds is 4. The Morgan fingerprint density at radius 1 is 1.38 bits per heavy atom. The monoisotopic (exact) mass is 392 g/mol. The van der Waals surface area contributed by atoms with Gasteiger partial charge in [-0.3, -0.25) is 4.79 Å². The van der Waals surface area contributed by atoms with Crippen molar-refractivity contribution in [2.75, 3.05) is 7.11 Å². The quantitative estimate of drug-likeness (QED) is 0.730. The highest BCUT2D eigenvalue weighted by Gasteiger charge is 2.22. The molecule has 6 heteroatoms. The number of carbonyl (C=O) groups is 1. The number of methoxy groups -OCH3 is 1. The van der Waals surface area contributed by atoms with Gasteiger partial charge in [0.05, 0.1) is 12.7 Å². The van der Waals surface area contributed by atoms with Crippen LogP contribution >= 0.6 is 22.9 Å². The fourth-order valence-electron chi connectivity index (χ4n) is 2.89. The molecule has 1 fully saturated rings. The van der Waals surface area contributed by atoms with E-state index in [9.17, 15) is 4.79 Å². The molecular formula is C20H25ClN2O2S. The second-order valence-corrected chi connectivity index (χ2v) is 9.28. The topological polar surface area (TPSA) is 43.6 Å². The van der Waals surface area contributed by atoms with E-state index < -0.39 is 0 Å². The maximum absolute atomic E-state index is 12.8. The Morgan fingerprint density at radius 3 is 2.69 bits per heavy atom. The summed E-state index contributed by atoms with van der Waals surface area (Å²) in [4.78, 5) is 19.2. The number of ether oxygens (including phenoxy) is 1. The highest BCUT2D eigenvalue weighted by atomic mass is 35.5. The Bertz CT molecular complexity index is 873. The molecule has 0 spiro atoms. The van der Waals surface area contributed by atoms with Crippen LogP contribution in [-0.4, -0.2) is 17.6 Å². The maximum Gasteiger partial charge on any atom is 0.283 e. The van der Waals surface area contributed by atoms with Crippen LogP contribution in [0.1, 0.15) is 55.3 Å². The van der Waals surface area contributed by atoms with E-state index in [4.69, 9.17) is 16.3 Å². The molecule has 2 aromatic rings. The largest absolute Gasteiger partial charge is 0.496 e. The smallest absolute Gasteiger partial charge is 0.283 e. The summed E-state index contributed by atoms with van der Waals surface area (Å²) in [6, 6.07) is 5.01. The first kappa shape index (κ1) is 19.2. The summed E-state index contributed by atoms with van der Waals surface area (Å²) in [5.41, 5.74) is 0.414. The van der Waals surface area contributed by atoms with Gasteiger partial charge in [0.15, 0.2) is 4.80 Å². The van der Waals surface area contributed by atoms with Gasteiger partial charge in [-0.15, -0.1) is 11.3 Å². The Balaban J connectivity index is 2.02. The standard InChI is InChI=1S/C20H25ClN2O2S/c1-20(2,3)17-12-23(11-13-6-5-7-13)19(26-17)22-18(24)15-10-14(21)8-9-16(15)25-4/h8-10,12-13H,5-7,11H2,1-4H3. The number of carbonyl (C=O) groups excluding carboxylic acids is 1. The molecule has 1 aliphatic carbocycles. The van der Waals surface area contributed by atoms with E-state index in [-0.39, 0.29) is 11.3 Å². The van der Waals surface area contributed by atoms with E-state index in [1.54, 1.807) is 36.6 Å². The molecule has 0 radical (unpaired) electrons. The number of hydrogen-bond acceptors (Lipinski definition) is 3. The molecular weight excluding hydrogens is 368 g/mol. The normalized spacial score (nSPS) is 15.8. The van der Waals surface area contributed by atoms with Gasteiger partial charge in [-0.05, 0) is 42.4 Å². The number of hydrogen-bond donors (Lipinski definition) is 0. The van der Waals surface area contributed by atoms with E-state index in [0.717, 1.165) is 11.3 Å². The van der Waals surface area contributed by atoms with Gasteiger partial charge < -0.3 is 9.30 Å². The first-order valence-electron chi connectivity index (χ1n) is 8.91. The summed E-state index contributed by atoms with van der Waals surface area (Å²) >= 11 is 7.64. The van der Waals surface area contributed by atoms with Crippen LogP contribution in [0.3, 0.4) is 0 Å². The lowest BCUT2D eigenvalue weighted by molar-refractivity contribution is 0.0994. The van der Waals surface area contributed by atoms with E-state index in [1.165, 1.54) is 24.1 Å². The lowest BCUT2D eigenvalue weighted by Gasteiger charge is -2.25. The minimum atomic E-state index is -0.325. The van der Waals surface area contributed by atoms with Crippen molar-refractivity contribution in [2.24, 2.45) is 10.9 Å². The predicted molar refractivity (Wildman–Crippen MR) is 106 cm³/mol. The van der Waals surface area contributed by atoms with Crippen molar-refractivity contribution in [3.63, 3.8) is 0 Å². The fourth-order valence-corrected chi connectivity index (χ4v) is 4.12. The molecule has 0 N–H and O–H groups in total. The predicted octanol–water partition coefficient (Wildman–Crippen LogP) is 5.05. The summed E-state index contributed by atoms with van der Waals surface area (Å²) in [5, 5.41) is 0.494. The van der Waals surface area contributed by atoms with Crippen molar-refractivity contribution in [1.29, 1.82) is 0 Å². The summed E-state index contributed by atoms with van der Waals surface area (Å²) in [7, 11) is 1.54. The van der Waals surface area contributed by atoms with Crippen molar-refractivity contribution in [3.05, 3.63) is 44.7 Å². The second-order valence-electron chi connectivity index (χ2n) is 7.84. The molecule has 1 aromatic carbocycles. The summed E-state index contributed by atoms with van der Waals surface area (Å²) in [6.45, 7) is 7.46. The average Bonchev–Trinajstić information content (AvgIpc) is 2.94. The van der Waals surface area contributed by atoms with Gasteiger partial charge in [-0.2, -0.15) is 4.99 Å². The van der Waals surface area contributed by atoms with Crippen molar-refractivity contribution in [2.45, 2.75) is 52.0 Å². The summed E-state index contributed by atoms with van der Waals surface area (Å²) in [5.74, 6) is 0.850. The molecule has 3 rings (SSSR count). The van der Waals surface area contributed by atoms with Crippen LogP contribution in [0, 0.1) is 5.92 Å². The molecule has 1 aliphatic rings. The molecule has 0 unspecified atom stereocenters. The number of thiazole rings is 1. The molecule has 1 amide bonds. The highest BCUT2D eigenvalue weighted by molar-refractivity contribution is 7.09. The third-order valence-corrected chi connectivity index (χ3v) is 6.41. The van der Waals surface area contributed by atoms with E-state index in [0.29, 0.717) is 22.3 Å². The maximum atomic E-state index is 12.8. The van der Waals surface area contributed by atoms with Gasteiger partial charge in [0.2, 0.25) is 0 Å². The van der Waals surface area contributed by atoms with Gasteiger partial charge in [-0.1, -0.05) is 38.8 Å². The first-order chi connectivity index (χ1) is 12.3. The van der Waals surface area contributed by atoms with Crippen molar-refractivity contribution >= 4 is 28.8 Å². The van der Waals surface area contributed by atoms with Crippen molar-refractivity contribution in [1.82, 2.24) is 4.57 Å². The molecule has 140 valence electrons. The van der Waals surface area contributed by atoms with Gasteiger partial charge in [-0.25, -0.2) is 0 Å².